The first-order valence-corrected chi connectivity index (χ1v) is 7.41. The molecule has 0 saturated carbocycles. The lowest BCUT2D eigenvalue weighted by Gasteiger charge is -2.09. The highest BCUT2D eigenvalue weighted by atomic mass is 35.5. The molecule has 0 unspecified atom stereocenters. The van der Waals surface area contributed by atoms with Crippen LogP contribution in [0, 0.1) is 0 Å². The molecule has 2 heterocycles. The number of aryl methyl sites for hydroxylation is 1. The van der Waals surface area contributed by atoms with Gasteiger partial charge >= 0.3 is 0 Å². The van der Waals surface area contributed by atoms with Crippen LogP contribution >= 0.6 is 23.2 Å². The monoisotopic (exact) mass is 342 g/mol. The Morgan fingerprint density at radius 2 is 2.10 bits per heavy atom. The van der Waals surface area contributed by atoms with Crippen LogP contribution in [0.2, 0.25) is 10.0 Å². The van der Waals surface area contributed by atoms with E-state index in [0.717, 1.165) is 11.4 Å². The zero-order valence-electron chi connectivity index (χ0n) is 10.6. The highest BCUT2D eigenvalue weighted by molar-refractivity contribution is 7.58. The largest absolute Gasteiger partial charge is 0.316 e. The quantitative estimate of drug-likeness (QED) is 0.760. The van der Waals surface area contributed by atoms with Gasteiger partial charge in [-0.25, -0.2) is 4.98 Å². The van der Waals surface area contributed by atoms with Crippen LogP contribution in [-0.4, -0.2) is 21.1 Å². The van der Waals surface area contributed by atoms with Crippen LogP contribution in [0.5, 0.6) is 0 Å². The lowest BCUT2D eigenvalue weighted by molar-refractivity contribution is 0.101. The number of nitrogens with one attached hydrogen (secondary N) is 2. The fraction of sp³-hybridized carbons (Fsp3) is 0.182. The van der Waals surface area contributed by atoms with E-state index in [2.05, 4.69) is 29.2 Å². The lowest BCUT2D eigenvalue weighted by atomic mass is 10.2. The van der Waals surface area contributed by atoms with Crippen LogP contribution in [0.25, 0.3) is 0 Å². The number of halogens is 2. The Morgan fingerprint density at radius 3 is 2.81 bits per heavy atom. The van der Waals surface area contributed by atoms with Gasteiger partial charge in [-0.15, -0.1) is 5.10 Å². The molecule has 21 heavy (non-hydrogen) atoms. The van der Waals surface area contributed by atoms with Crippen LogP contribution < -0.4 is 5.32 Å². The molecule has 0 spiro atoms. The van der Waals surface area contributed by atoms with Crippen molar-refractivity contribution in [3.63, 3.8) is 0 Å². The number of H-pyrrole nitrogens is 1. The summed E-state index contributed by atoms with van der Waals surface area (Å²) in [5.41, 5.74) is 1.28. The molecule has 3 rings (SSSR count). The Morgan fingerprint density at radius 1 is 1.33 bits per heavy atom. The van der Waals surface area contributed by atoms with Crippen LogP contribution in [0.3, 0.4) is 0 Å². The van der Waals surface area contributed by atoms with Crippen molar-refractivity contribution in [2.75, 3.05) is 5.32 Å². The maximum atomic E-state index is 12.2. The fourth-order valence-corrected chi connectivity index (χ4v) is 2.88. The molecule has 0 aliphatic carbocycles. The number of hydrogen-bond acceptors (Lipinski definition) is 5. The first kappa shape index (κ1) is 14.2. The van der Waals surface area contributed by atoms with Crippen molar-refractivity contribution in [3.05, 3.63) is 27.8 Å². The van der Waals surface area contributed by atoms with Gasteiger partial charge in [0.05, 0.1) is 27.1 Å². The number of rotatable bonds is 3. The number of nitrogens with zero attached hydrogens (tertiary/aromatic N) is 4. The third-order valence-corrected chi connectivity index (χ3v) is 3.87. The van der Waals surface area contributed by atoms with E-state index in [1.807, 2.05) is 6.92 Å². The molecule has 0 atom stereocenters. The molecule has 1 aromatic carbocycles. The normalized spacial score (nSPS) is 12.1. The highest BCUT2D eigenvalue weighted by Gasteiger charge is 2.22. The number of benzene rings is 1. The second kappa shape index (κ2) is 5.55. The standard InChI is InChI=1S/C11H8Cl2N6OS/c1-2-6-14-10(17-16-6)11(20)15-7-4(12)3-5(13)8-9(7)19-21-18-8/h3H,2H2,1H3,(H,15,20)(H,14,16,17). The van der Waals surface area contributed by atoms with Crippen molar-refractivity contribution in [2.45, 2.75) is 13.3 Å². The molecule has 10 heteroatoms. The van der Waals surface area contributed by atoms with Gasteiger partial charge in [-0.3, -0.25) is 9.89 Å². The van der Waals surface area contributed by atoms with Crippen LogP contribution in [0.4, 0.5) is 17.1 Å². The lowest BCUT2D eigenvalue weighted by Crippen LogP contribution is -2.14. The minimum absolute atomic E-state index is 0.0363. The average Bonchev–Trinajstić information content (AvgIpc) is 3.11. The van der Waals surface area contributed by atoms with Gasteiger partial charge in [0, 0.05) is 6.42 Å². The van der Waals surface area contributed by atoms with Crippen LogP contribution in [0.15, 0.2) is 14.8 Å². The number of aromatic amines is 1. The number of carbonyl (C=O) groups excluding carboxylic acids is 1. The Hall–Kier alpha value is -1.77. The Bertz CT molecular complexity index is 811. The predicted octanol–water partition coefficient (Wildman–Crippen LogP) is 3.65. The summed E-state index contributed by atoms with van der Waals surface area (Å²) >= 11 is 13.1. The second-order valence-electron chi connectivity index (χ2n) is 4.09. The summed E-state index contributed by atoms with van der Waals surface area (Å²) in [5.74, 6) is 0.182. The first-order chi connectivity index (χ1) is 10.1. The van der Waals surface area contributed by atoms with Crippen LogP contribution in [0.1, 0.15) is 23.4 Å². The van der Waals surface area contributed by atoms with E-state index in [1.54, 1.807) is 0 Å². The van der Waals surface area contributed by atoms with E-state index in [4.69, 9.17) is 23.2 Å². The molecule has 108 valence electrons. The predicted molar refractivity (Wildman–Crippen MR) is 81.7 cm³/mol. The number of fused-ring (bicyclic) bond motifs is 1. The average molecular weight is 343 g/mol. The Balaban J connectivity index is 1.94. The van der Waals surface area contributed by atoms with Crippen molar-refractivity contribution < 1.29 is 4.79 Å². The summed E-state index contributed by atoms with van der Waals surface area (Å²) in [6.07, 6.45) is 0.655. The van der Waals surface area contributed by atoms with Gasteiger partial charge in [0.25, 0.3) is 5.91 Å². The summed E-state index contributed by atoms with van der Waals surface area (Å²) in [4.78, 5) is 16.2. The third kappa shape index (κ3) is 2.57. The molecule has 7 nitrogen and oxygen atoms in total. The molecule has 2 N–H and O–H groups in total. The van der Waals surface area contributed by atoms with Gasteiger partial charge in [0.2, 0.25) is 5.82 Å². The molecule has 1 aromatic heterocycles. The Kier molecular flexibility index (Phi) is 3.75. The SMILES string of the molecule is CCc1nc(C(=O)Nc2c(Cl)cc(Cl)c3c2N=S=N3)n[nH]1. The van der Waals surface area contributed by atoms with Crippen molar-refractivity contribution in [3.8, 4) is 0 Å². The van der Waals surface area contributed by atoms with E-state index in [-0.39, 0.29) is 10.8 Å². The smallest absolute Gasteiger partial charge is 0.295 e. The van der Waals surface area contributed by atoms with Gasteiger partial charge in [0.15, 0.2) is 0 Å². The van der Waals surface area contributed by atoms with Gasteiger partial charge in [-0.05, 0) is 6.07 Å². The molecular formula is C11H8Cl2N6OS. The summed E-state index contributed by atoms with van der Waals surface area (Å²) in [7, 11) is 0. The molecule has 0 saturated heterocycles. The van der Waals surface area contributed by atoms with Crippen LogP contribution in [-0.2, 0) is 17.8 Å². The van der Waals surface area contributed by atoms with Crippen molar-refractivity contribution >= 4 is 57.5 Å². The number of carbonyl (C=O) groups is 1. The van der Waals surface area contributed by atoms with E-state index in [1.165, 1.54) is 6.07 Å². The van der Waals surface area contributed by atoms with E-state index >= 15 is 0 Å². The maximum absolute atomic E-state index is 12.2. The molecule has 1 amide bonds. The number of aromatic nitrogens is 3. The Labute approximate surface area is 133 Å². The molecule has 1 aliphatic rings. The first-order valence-electron chi connectivity index (χ1n) is 5.93. The van der Waals surface area contributed by atoms with Crippen molar-refractivity contribution in [1.82, 2.24) is 15.2 Å². The molecular weight excluding hydrogens is 335 g/mol. The maximum Gasteiger partial charge on any atom is 0.295 e. The summed E-state index contributed by atoms with van der Waals surface area (Å²) in [6.45, 7) is 1.91. The zero-order valence-corrected chi connectivity index (χ0v) is 13.0. The minimum atomic E-state index is -0.482. The summed E-state index contributed by atoms with van der Waals surface area (Å²) in [5, 5.41) is 9.83. The highest BCUT2D eigenvalue weighted by Crippen LogP contribution is 2.47. The zero-order chi connectivity index (χ0) is 15.0. The van der Waals surface area contributed by atoms with Gasteiger partial charge in [0.1, 0.15) is 17.2 Å². The third-order valence-electron chi connectivity index (χ3n) is 2.75. The number of amides is 1. The number of hydrogen-bond donors (Lipinski definition) is 2. The van der Waals surface area contributed by atoms with E-state index in [0.29, 0.717) is 34.3 Å². The molecule has 0 bridgehead atoms. The summed E-state index contributed by atoms with van der Waals surface area (Å²) < 4.78 is 8.18. The van der Waals surface area contributed by atoms with E-state index < -0.39 is 5.91 Å². The molecule has 2 aromatic rings. The molecule has 0 radical (unpaired) electrons. The molecule has 1 aliphatic heterocycles. The van der Waals surface area contributed by atoms with Gasteiger partial charge in [-0.2, -0.15) is 8.73 Å². The fourth-order valence-electron chi connectivity index (χ4n) is 1.72. The van der Waals surface area contributed by atoms with Crippen molar-refractivity contribution in [2.24, 2.45) is 8.73 Å². The minimum Gasteiger partial charge on any atom is -0.316 e. The van der Waals surface area contributed by atoms with E-state index in [9.17, 15) is 4.79 Å². The van der Waals surface area contributed by atoms with Gasteiger partial charge in [-0.1, -0.05) is 30.1 Å². The second-order valence-corrected chi connectivity index (χ2v) is 5.43. The van der Waals surface area contributed by atoms with Gasteiger partial charge < -0.3 is 5.32 Å². The summed E-state index contributed by atoms with van der Waals surface area (Å²) in [6, 6.07) is 1.51. The molecule has 0 fully saturated rings. The topological polar surface area (TPSA) is 95.4 Å². The van der Waals surface area contributed by atoms with Crippen molar-refractivity contribution in [1.29, 1.82) is 0 Å². The number of anilines is 1.